The van der Waals surface area contributed by atoms with Crippen molar-refractivity contribution in [3.8, 4) is 0 Å². The summed E-state index contributed by atoms with van der Waals surface area (Å²) in [5.74, 6) is -0.648. The van der Waals surface area contributed by atoms with Crippen LogP contribution in [-0.4, -0.2) is 112 Å². The van der Waals surface area contributed by atoms with E-state index in [0.29, 0.717) is 72.6 Å². The number of aromatic nitrogens is 1. The second-order valence-electron chi connectivity index (χ2n) is 12.0. The summed E-state index contributed by atoms with van der Waals surface area (Å²) in [5, 5.41) is 5.89. The van der Waals surface area contributed by atoms with Crippen molar-refractivity contribution in [2.75, 3.05) is 72.2 Å². The van der Waals surface area contributed by atoms with Crippen LogP contribution >= 0.6 is 22.9 Å². The molecule has 50 heavy (non-hydrogen) atoms. The van der Waals surface area contributed by atoms with Crippen LogP contribution in [0.5, 0.6) is 0 Å². The predicted molar refractivity (Wildman–Crippen MR) is 184 cm³/mol. The van der Waals surface area contributed by atoms with E-state index in [1.807, 2.05) is 22.4 Å². The van der Waals surface area contributed by atoms with Crippen molar-refractivity contribution < 1.29 is 37.7 Å². The van der Waals surface area contributed by atoms with Gasteiger partial charge in [-0.15, -0.1) is 11.3 Å². The number of methoxy groups -OCH3 is 3. The number of nitrogens with one attached hydrogen (secondary N) is 1. The maximum Gasteiger partial charge on any atom is 0.338 e. The fourth-order valence-electron chi connectivity index (χ4n) is 6.67. The van der Waals surface area contributed by atoms with Gasteiger partial charge in [0.1, 0.15) is 11.9 Å². The van der Waals surface area contributed by atoms with E-state index in [2.05, 4.69) is 15.2 Å². The molecule has 2 saturated heterocycles. The molecule has 2 atom stereocenters. The SMILES string of the molecule is COCC(COC)(OC=O)c1ccc(N2C[C@@H]3CN(CC4=C(C(=O)OC)[C@H](c5ccc(F)cc5Cl)N=C(c5nccs5)N4)CCN3C2=O)cc1. The summed E-state index contributed by atoms with van der Waals surface area (Å²) >= 11 is 7.88. The van der Waals surface area contributed by atoms with Crippen molar-refractivity contribution >= 4 is 52.9 Å². The average Bonchev–Trinajstić information content (AvgIpc) is 3.76. The number of fused-ring (bicyclic) bond motifs is 1. The minimum atomic E-state index is -1.13. The number of halogens is 2. The van der Waals surface area contributed by atoms with Gasteiger partial charge in [0.2, 0.25) is 0 Å². The molecule has 1 N–H and O–H groups in total. The highest BCUT2D eigenvalue weighted by Gasteiger charge is 2.43. The molecular weight excluding hydrogens is 691 g/mol. The highest BCUT2D eigenvalue weighted by molar-refractivity contribution is 7.11. The summed E-state index contributed by atoms with van der Waals surface area (Å²) in [4.78, 5) is 53.3. The summed E-state index contributed by atoms with van der Waals surface area (Å²) in [6.07, 6.45) is 1.66. The molecule has 16 heteroatoms. The van der Waals surface area contributed by atoms with E-state index in [4.69, 9.17) is 35.5 Å². The van der Waals surface area contributed by atoms with Gasteiger partial charge in [0, 0.05) is 86.1 Å². The van der Waals surface area contributed by atoms with Crippen LogP contribution < -0.4 is 10.2 Å². The van der Waals surface area contributed by atoms with Crippen LogP contribution in [0.15, 0.2) is 70.3 Å². The van der Waals surface area contributed by atoms with E-state index in [-0.39, 0.29) is 35.9 Å². The lowest BCUT2D eigenvalue weighted by atomic mass is 9.94. The van der Waals surface area contributed by atoms with Crippen LogP contribution in [-0.2, 0) is 34.1 Å². The van der Waals surface area contributed by atoms with Crippen LogP contribution in [0, 0.1) is 5.82 Å². The number of urea groups is 1. The summed E-state index contributed by atoms with van der Waals surface area (Å²) in [7, 11) is 4.32. The number of hydrogen-bond donors (Lipinski definition) is 1. The standard InChI is InChI=1S/C34H36ClFN6O7S/c1-46-18-34(19-47-2,49-20-43)21-4-7-23(8-5-21)42-16-24-15-40(11-12-41(24)33(42)45)17-27-28(32(44)48-3)29(25-9-6-22(36)14-26(25)35)39-30(38-27)31-37-10-13-50-31/h4-10,13-14,20,24,29H,11-12,15-19H2,1-3H3,(H,38,39)/t24-,29-/m0/s1. The normalized spacial score (nSPS) is 19.6. The van der Waals surface area contributed by atoms with Crippen molar-refractivity contribution in [2.45, 2.75) is 17.7 Å². The zero-order valence-electron chi connectivity index (χ0n) is 27.6. The smallest absolute Gasteiger partial charge is 0.338 e. The van der Waals surface area contributed by atoms with Crippen molar-refractivity contribution in [2.24, 2.45) is 4.99 Å². The molecule has 6 rings (SSSR count). The molecule has 0 unspecified atom stereocenters. The molecule has 264 valence electrons. The Kier molecular flexibility index (Phi) is 10.8. The van der Waals surface area contributed by atoms with Gasteiger partial charge in [0.15, 0.2) is 16.4 Å². The highest BCUT2D eigenvalue weighted by atomic mass is 35.5. The molecule has 4 heterocycles. The van der Waals surface area contributed by atoms with Crippen molar-refractivity contribution in [3.63, 3.8) is 0 Å². The number of nitrogens with zero attached hydrogens (tertiary/aromatic N) is 5. The second kappa shape index (κ2) is 15.2. The fraction of sp³-hybridized carbons (Fsp3) is 0.382. The second-order valence-corrected chi connectivity index (χ2v) is 13.3. The molecule has 2 fully saturated rings. The Morgan fingerprint density at radius 2 is 1.88 bits per heavy atom. The van der Waals surface area contributed by atoms with Gasteiger partial charge in [0.25, 0.3) is 6.47 Å². The maximum absolute atomic E-state index is 14.0. The van der Waals surface area contributed by atoms with Gasteiger partial charge in [-0.25, -0.2) is 19.0 Å². The predicted octanol–water partition coefficient (Wildman–Crippen LogP) is 3.74. The lowest BCUT2D eigenvalue weighted by Gasteiger charge is -2.38. The third-order valence-corrected chi connectivity index (χ3v) is 10.1. The Labute approximate surface area is 297 Å². The van der Waals surface area contributed by atoms with Gasteiger partial charge in [-0.2, -0.15) is 0 Å². The van der Waals surface area contributed by atoms with Crippen LogP contribution in [0.1, 0.15) is 22.2 Å². The van der Waals surface area contributed by atoms with Crippen LogP contribution in [0.4, 0.5) is 14.9 Å². The number of piperazine rings is 1. The van der Waals surface area contributed by atoms with E-state index in [0.717, 1.165) is 0 Å². The molecule has 3 aliphatic rings. The van der Waals surface area contributed by atoms with Crippen molar-refractivity contribution in [1.29, 1.82) is 0 Å². The number of hydrogen-bond acceptors (Lipinski definition) is 12. The van der Waals surface area contributed by atoms with E-state index in [1.165, 1.54) is 50.9 Å². The zero-order chi connectivity index (χ0) is 35.4. The molecule has 13 nitrogen and oxygen atoms in total. The number of carbonyl (C=O) groups is 3. The summed E-state index contributed by atoms with van der Waals surface area (Å²) in [6.45, 7) is 2.85. The molecular formula is C34H36ClFN6O7S. The number of thiazole rings is 1. The van der Waals surface area contributed by atoms with Gasteiger partial charge in [-0.1, -0.05) is 29.8 Å². The lowest BCUT2D eigenvalue weighted by Crippen LogP contribution is -2.53. The third-order valence-electron chi connectivity index (χ3n) is 8.98. The highest BCUT2D eigenvalue weighted by Crippen LogP contribution is 2.37. The first-order valence-corrected chi connectivity index (χ1v) is 17.0. The number of anilines is 1. The van der Waals surface area contributed by atoms with Gasteiger partial charge in [-0.3, -0.25) is 19.6 Å². The quantitative estimate of drug-likeness (QED) is 0.205. The molecule has 1 aromatic heterocycles. The first kappa shape index (κ1) is 35.4. The molecule has 3 aromatic rings. The summed E-state index contributed by atoms with van der Waals surface area (Å²) in [6, 6.07) is 10.1. The topological polar surface area (TPSA) is 135 Å². The van der Waals surface area contributed by atoms with E-state index in [1.54, 1.807) is 23.2 Å². The number of amidine groups is 1. The Morgan fingerprint density at radius 3 is 2.52 bits per heavy atom. The molecule has 2 amide bonds. The van der Waals surface area contributed by atoms with Crippen LogP contribution in [0.2, 0.25) is 5.02 Å². The number of amides is 2. The number of benzene rings is 2. The molecule has 0 bridgehead atoms. The van der Waals surface area contributed by atoms with Gasteiger partial charge >= 0.3 is 12.0 Å². The summed E-state index contributed by atoms with van der Waals surface area (Å²) < 4.78 is 35.3. The van der Waals surface area contributed by atoms with Crippen LogP contribution in [0.25, 0.3) is 0 Å². The van der Waals surface area contributed by atoms with E-state index >= 15 is 0 Å². The Balaban J connectivity index is 1.24. The molecule has 0 aliphatic carbocycles. The van der Waals surface area contributed by atoms with E-state index < -0.39 is 23.4 Å². The number of rotatable bonds is 13. The monoisotopic (exact) mass is 726 g/mol. The first-order chi connectivity index (χ1) is 24.2. The maximum atomic E-state index is 14.0. The largest absolute Gasteiger partial charge is 0.466 e. The van der Waals surface area contributed by atoms with Gasteiger partial charge < -0.3 is 29.2 Å². The minimum Gasteiger partial charge on any atom is -0.466 e. The molecule has 0 spiro atoms. The summed E-state index contributed by atoms with van der Waals surface area (Å²) in [5.41, 5.74) is 1.50. The third kappa shape index (κ3) is 6.96. The lowest BCUT2D eigenvalue weighted by molar-refractivity contribution is -0.160. The zero-order valence-corrected chi connectivity index (χ0v) is 29.2. The minimum absolute atomic E-state index is 0.0884. The first-order valence-electron chi connectivity index (χ1n) is 15.7. The number of aliphatic imine (C=N–C) groups is 1. The van der Waals surface area contributed by atoms with Crippen molar-refractivity contribution in [3.05, 3.63) is 92.3 Å². The van der Waals surface area contributed by atoms with Crippen molar-refractivity contribution in [1.82, 2.24) is 20.1 Å². The molecule has 2 aromatic carbocycles. The molecule has 0 saturated carbocycles. The van der Waals surface area contributed by atoms with Gasteiger partial charge in [-0.05, 0) is 24.3 Å². The number of carbonyl (C=O) groups excluding carboxylic acids is 3. The fourth-order valence-corrected chi connectivity index (χ4v) is 7.53. The number of ether oxygens (including phenoxy) is 4. The Bertz CT molecular complexity index is 1780. The number of esters is 1. The average molecular weight is 727 g/mol. The Hall–Kier alpha value is -4.41. The molecule has 3 aliphatic heterocycles. The molecule has 0 radical (unpaired) electrons. The van der Waals surface area contributed by atoms with E-state index in [9.17, 15) is 18.8 Å². The van der Waals surface area contributed by atoms with Gasteiger partial charge in [0.05, 0.1) is 31.9 Å². The Morgan fingerprint density at radius 1 is 1.12 bits per heavy atom. The van der Waals surface area contributed by atoms with Crippen LogP contribution in [0.3, 0.4) is 0 Å².